The lowest BCUT2D eigenvalue weighted by molar-refractivity contribution is -0.143. The van der Waals surface area contributed by atoms with Crippen LogP contribution in [0.3, 0.4) is 0 Å². The lowest BCUT2D eigenvalue weighted by atomic mass is 9.80. The van der Waals surface area contributed by atoms with Gasteiger partial charge in [0.1, 0.15) is 47.6 Å². The van der Waals surface area contributed by atoms with Crippen LogP contribution in [0.15, 0.2) is 66.1 Å². The summed E-state index contributed by atoms with van der Waals surface area (Å²) in [5, 5.41) is 29.2. The van der Waals surface area contributed by atoms with Gasteiger partial charge >= 0.3 is 18.1 Å². The average molecular weight is 1340 g/mol. The maximum atomic E-state index is 15.3. The van der Waals surface area contributed by atoms with Crippen molar-refractivity contribution >= 4 is 82.4 Å². The van der Waals surface area contributed by atoms with E-state index in [1.54, 1.807) is 43.5 Å². The number of rotatable bonds is 39. The number of anilines is 1. The summed E-state index contributed by atoms with van der Waals surface area (Å²) >= 11 is 1.28. The molecule has 0 radical (unpaired) electrons. The third-order valence-corrected chi connectivity index (χ3v) is 18.5. The van der Waals surface area contributed by atoms with Crippen LogP contribution in [0.4, 0.5) is 15.3 Å². The van der Waals surface area contributed by atoms with Crippen molar-refractivity contribution in [2.45, 2.75) is 208 Å². The predicted molar refractivity (Wildman–Crippen MR) is 360 cm³/mol. The average Bonchev–Trinajstić information content (AvgIpc) is 1.87. The SMILES string of the molecule is CCCOC(CC(C(C)C)N(CCC)C(=O)C(NC(=O)C(C(C)CC)N(C)C(=O)OCc1ccc(NC(=O)C(CCCNC(N)=O)NC(=O)C(NC(=O)CCCCCN2C(=O)C=CC2=O)C(C)C)cc1)C(C)CC)c1nc(C(=O)NC2Cc3ccccc3C(C(=O)O)C2)cs1. The van der Waals surface area contributed by atoms with Crippen molar-refractivity contribution in [2.24, 2.45) is 29.4 Å². The van der Waals surface area contributed by atoms with Gasteiger partial charge in [-0.2, -0.15) is 0 Å². The molecule has 0 fully saturated rings. The largest absolute Gasteiger partial charge is 0.481 e. The molecular formula is C69H101N11O14S. The molecule has 2 aliphatic rings. The molecule has 0 saturated heterocycles. The van der Waals surface area contributed by atoms with Crippen molar-refractivity contribution in [3.8, 4) is 0 Å². The fraction of sp³-hybridized carbons (Fsp3) is 0.594. The lowest BCUT2D eigenvalue weighted by Gasteiger charge is -2.40. The third kappa shape index (κ3) is 23.0. The Kier molecular flexibility index (Phi) is 31.2. The second-order valence-corrected chi connectivity index (χ2v) is 26.4. The number of aromatic nitrogens is 1. The van der Waals surface area contributed by atoms with Gasteiger partial charge in [-0.25, -0.2) is 14.6 Å². The Balaban J connectivity index is 1.22. The fourth-order valence-electron chi connectivity index (χ4n) is 11.7. The van der Waals surface area contributed by atoms with Gasteiger partial charge in [0, 0.05) is 81.4 Å². The molecule has 1 aromatic heterocycles. The Morgan fingerprint density at radius 3 is 2.09 bits per heavy atom. The van der Waals surface area contributed by atoms with E-state index in [-0.39, 0.29) is 98.4 Å². The number of ether oxygens (including phenoxy) is 2. The van der Waals surface area contributed by atoms with Crippen LogP contribution in [0.1, 0.15) is 190 Å². The summed E-state index contributed by atoms with van der Waals surface area (Å²) in [6.45, 7) is 20.0. The number of fused-ring (bicyclic) bond motifs is 1. The van der Waals surface area contributed by atoms with Crippen LogP contribution >= 0.6 is 11.3 Å². The van der Waals surface area contributed by atoms with Crippen molar-refractivity contribution in [2.75, 3.05) is 38.6 Å². The number of benzene rings is 2. The maximum absolute atomic E-state index is 15.3. The smallest absolute Gasteiger partial charge is 0.410 e. The predicted octanol–water partition coefficient (Wildman–Crippen LogP) is 7.89. The second kappa shape index (κ2) is 38.3. The van der Waals surface area contributed by atoms with Gasteiger partial charge in [0.2, 0.25) is 29.5 Å². The number of hydrogen-bond acceptors (Lipinski definition) is 15. The third-order valence-electron chi connectivity index (χ3n) is 17.5. The minimum absolute atomic E-state index is 0.0888. The normalized spacial score (nSPS) is 16.9. The van der Waals surface area contributed by atoms with Gasteiger partial charge in [0.15, 0.2) is 0 Å². The van der Waals surface area contributed by atoms with Gasteiger partial charge in [-0.1, -0.05) is 125 Å². The van der Waals surface area contributed by atoms with Crippen molar-refractivity contribution in [1.29, 1.82) is 0 Å². The van der Waals surface area contributed by atoms with Crippen LogP contribution < -0.4 is 37.6 Å². The number of carbonyl (C=O) groups excluding carboxylic acids is 10. The number of carbonyl (C=O) groups is 11. The zero-order valence-electron chi connectivity index (χ0n) is 57.0. The maximum Gasteiger partial charge on any atom is 0.410 e. The molecule has 10 unspecified atom stereocenters. The van der Waals surface area contributed by atoms with Crippen LogP contribution in [0.5, 0.6) is 0 Å². The minimum atomic E-state index is -1.11. The molecule has 25 nitrogen and oxygen atoms in total. The standard InChI is InChI=1S/C69H101N11O14S/c1-12-33-79(53(41(5)6)38-54(93-35-13-2)65-75-52(40-95-65)62(85)73-48-36-46-22-18-19-23-49(46)50(37-48)67(89)90)66(88)59(43(9)14-3)77-64(87)60(44(10)15-4)78(11)69(92)94-39-45-26-28-47(29-27-45)72-61(84)51(24-21-32-71-68(70)91)74-63(86)58(42(7)8)76-55(81)25-17-16-20-34-80-56(82)30-31-57(80)83/h18-19,22-23,26-31,40-44,48,50-51,53-54,58-60H,12-17,20-21,24-25,32-39H2,1-11H3,(H,72,84)(H,73,85)(H,74,86)(H,76,81)(H,77,87)(H,89,90)(H3,70,71,91). The van der Waals surface area contributed by atoms with Crippen molar-refractivity contribution in [3.63, 3.8) is 0 Å². The zero-order valence-corrected chi connectivity index (χ0v) is 57.9. The first-order chi connectivity index (χ1) is 45.2. The molecule has 2 aromatic carbocycles. The molecule has 3 aromatic rings. The van der Waals surface area contributed by atoms with Gasteiger partial charge in [0.05, 0.1) is 5.92 Å². The molecular weight excluding hydrogens is 1240 g/mol. The number of primary amides is 1. The molecule has 1 aliphatic heterocycles. The summed E-state index contributed by atoms with van der Waals surface area (Å²) in [7, 11) is 1.48. The number of imide groups is 1. The monoisotopic (exact) mass is 1340 g/mol. The van der Waals surface area contributed by atoms with E-state index in [1.165, 1.54) is 35.4 Å². The van der Waals surface area contributed by atoms with Gasteiger partial charge < -0.3 is 57.1 Å². The molecule has 10 atom stereocenters. The second-order valence-electron chi connectivity index (χ2n) is 25.5. The van der Waals surface area contributed by atoms with Gasteiger partial charge in [-0.3, -0.25) is 53.0 Å². The summed E-state index contributed by atoms with van der Waals surface area (Å²) in [5.74, 6) is -6.41. The molecule has 2 heterocycles. The Labute approximate surface area is 562 Å². The molecule has 1 aliphatic carbocycles. The van der Waals surface area contributed by atoms with Crippen LogP contribution in [0.25, 0.3) is 0 Å². The number of carboxylic acids is 1. The number of carboxylic acid groups (broad SMARTS) is 1. The Morgan fingerprint density at radius 2 is 1.47 bits per heavy atom. The highest BCUT2D eigenvalue weighted by molar-refractivity contribution is 7.09. The highest BCUT2D eigenvalue weighted by Gasteiger charge is 2.41. The number of amides is 11. The molecule has 9 N–H and O–H groups in total. The molecule has 5 rings (SSSR count). The number of urea groups is 1. The van der Waals surface area contributed by atoms with Gasteiger partial charge in [-0.15, -0.1) is 11.3 Å². The summed E-state index contributed by atoms with van der Waals surface area (Å²) in [6.07, 6.45) is 6.40. The number of aliphatic carboxylic acids is 1. The Morgan fingerprint density at radius 1 is 0.789 bits per heavy atom. The van der Waals surface area contributed by atoms with Gasteiger partial charge in [-0.05, 0) is 104 Å². The van der Waals surface area contributed by atoms with E-state index in [2.05, 4.69) is 31.9 Å². The molecule has 26 heteroatoms. The number of likely N-dealkylation sites (N-methyl/N-ethyl adjacent to an activating group) is 1. The summed E-state index contributed by atoms with van der Waals surface area (Å²) in [5.41, 5.74) is 7.96. The van der Waals surface area contributed by atoms with Crippen molar-refractivity contribution < 1.29 is 67.3 Å². The van der Waals surface area contributed by atoms with Crippen LogP contribution in [0.2, 0.25) is 0 Å². The first-order valence-electron chi connectivity index (χ1n) is 33.5. The van der Waals surface area contributed by atoms with Crippen molar-refractivity contribution in [3.05, 3.63) is 93.5 Å². The molecule has 522 valence electrons. The van der Waals surface area contributed by atoms with E-state index in [0.717, 1.165) is 16.0 Å². The quantitative estimate of drug-likeness (QED) is 0.0199. The molecule has 11 amide bonds. The van der Waals surface area contributed by atoms with Gasteiger partial charge in [0.25, 0.3) is 17.7 Å². The number of nitrogens with one attached hydrogen (secondary N) is 6. The number of unbranched alkanes of at least 4 members (excludes halogenated alkanes) is 2. The Hall–Kier alpha value is -8.26. The highest BCUT2D eigenvalue weighted by atomic mass is 32.1. The summed E-state index contributed by atoms with van der Waals surface area (Å²) in [4.78, 5) is 155. The van der Waals surface area contributed by atoms with Crippen LogP contribution in [-0.2, 0) is 60.9 Å². The number of hydrogen-bond donors (Lipinski definition) is 8. The molecule has 95 heavy (non-hydrogen) atoms. The topological polar surface area (TPSA) is 347 Å². The summed E-state index contributed by atoms with van der Waals surface area (Å²) < 4.78 is 12.3. The van der Waals surface area contributed by atoms with E-state index in [0.29, 0.717) is 87.2 Å². The van der Waals surface area contributed by atoms with Crippen LogP contribution in [0, 0.1) is 23.7 Å². The first-order valence-corrected chi connectivity index (χ1v) is 34.4. The number of nitrogens with two attached hydrogens (primary N) is 1. The van der Waals surface area contributed by atoms with E-state index in [4.69, 9.17) is 20.2 Å². The van der Waals surface area contributed by atoms with Crippen LogP contribution in [-0.4, -0.2) is 160 Å². The van der Waals surface area contributed by atoms with Crippen molar-refractivity contribution in [1.82, 2.24) is 46.3 Å². The number of nitrogens with zero attached hydrogens (tertiary/aromatic N) is 4. The minimum Gasteiger partial charge on any atom is -0.481 e. The lowest BCUT2D eigenvalue weighted by Crippen LogP contribution is -2.59. The Bertz CT molecular complexity index is 3120. The van der Waals surface area contributed by atoms with E-state index >= 15 is 4.79 Å². The molecule has 0 saturated carbocycles. The molecule has 0 bridgehead atoms. The van der Waals surface area contributed by atoms with E-state index in [9.17, 15) is 53.1 Å². The zero-order chi connectivity index (χ0) is 70.1. The first kappa shape index (κ1) is 77.4. The van der Waals surface area contributed by atoms with E-state index < -0.39 is 90.0 Å². The van der Waals surface area contributed by atoms with E-state index in [1.807, 2.05) is 84.6 Å². The highest BCUT2D eigenvalue weighted by Crippen LogP contribution is 2.34. The number of thiazole rings is 1. The molecule has 0 spiro atoms. The fourth-order valence-corrected chi connectivity index (χ4v) is 12.6. The summed E-state index contributed by atoms with van der Waals surface area (Å²) in [6, 6.07) is 8.12.